The molecule has 0 spiro atoms. The number of fused-ring (bicyclic) bond motifs is 1. The first-order chi connectivity index (χ1) is 8.33. The molecule has 1 unspecified atom stereocenters. The van der Waals surface area contributed by atoms with Crippen LogP contribution >= 0.6 is 0 Å². The van der Waals surface area contributed by atoms with Crippen molar-refractivity contribution in [3.63, 3.8) is 0 Å². The number of aliphatic hydroxyl groups is 1. The van der Waals surface area contributed by atoms with Crippen LogP contribution < -0.4 is 0 Å². The molecular weight excluding hydrogens is 208 g/mol. The second-order valence-corrected chi connectivity index (χ2v) is 5.14. The van der Waals surface area contributed by atoms with Crippen molar-refractivity contribution in [1.29, 1.82) is 0 Å². The predicted molar refractivity (Wildman–Crippen MR) is 71.0 cm³/mol. The quantitative estimate of drug-likeness (QED) is 0.848. The van der Waals surface area contributed by atoms with Gasteiger partial charge in [0.2, 0.25) is 0 Å². The number of rotatable bonds is 3. The van der Waals surface area contributed by atoms with E-state index in [9.17, 15) is 5.11 Å². The zero-order valence-corrected chi connectivity index (χ0v) is 9.97. The SMILES string of the molecule is OC(Cc1ccc2ccccc2c1)C1CCC1. The van der Waals surface area contributed by atoms with Crippen molar-refractivity contribution in [1.82, 2.24) is 0 Å². The highest BCUT2D eigenvalue weighted by Crippen LogP contribution is 2.31. The number of hydrogen-bond donors (Lipinski definition) is 1. The Morgan fingerprint density at radius 3 is 2.53 bits per heavy atom. The van der Waals surface area contributed by atoms with Gasteiger partial charge in [0, 0.05) is 0 Å². The van der Waals surface area contributed by atoms with Crippen LogP contribution in [-0.4, -0.2) is 11.2 Å². The van der Waals surface area contributed by atoms with E-state index in [1.165, 1.54) is 35.6 Å². The average molecular weight is 226 g/mol. The Morgan fingerprint density at radius 2 is 1.82 bits per heavy atom. The summed E-state index contributed by atoms with van der Waals surface area (Å²) >= 11 is 0. The molecule has 88 valence electrons. The van der Waals surface area contributed by atoms with Crippen LogP contribution in [0.4, 0.5) is 0 Å². The van der Waals surface area contributed by atoms with Crippen molar-refractivity contribution in [2.45, 2.75) is 31.8 Å². The summed E-state index contributed by atoms with van der Waals surface area (Å²) in [5.41, 5.74) is 1.25. The van der Waals surface area contributed by atoms with Gasteiger partial charge < -0.3 is 5.11 Å². The predicted octanol–water partition coefficient (Wildman–Crippen LogP) is 3.54. The Labute approximate surface area is 102 Å². The van der Waals surface area contributed by atoms with Crippen molar-refractivity contribution in [3.8, 4) is 0 Å². The first-order valence-electron chi connectivity index (χ1n) is 6.49. The van der Waals surface area contributed by atoms with Gasteiger partial charge in [-0.25, -0.2) is 0 Å². The normalized spacial score (nSPS) is 17.9. The minimum absolute atomic E-state index is 0.148. The summed E-state index contributed by atoms with van der Waals surface area (Å²) in [5, 5.41) is 12.6. The summed E-state index contributed by atoms with van der Waals surface area (Å²) in [7, 11) is 0. The van der Waals surface area contributed by atoms with Crippen molar-refractivity contribution in [2.24, 2.45) is 5.92 Å². The molecule has 1 N–H and O–H groups in total. The highest BCUT2D eigenvalue weighted by atomic mass is 16.3. The Balaban J connectivity index is 1.80. The molecule has 1 fully saturated rings. The summed E-state index contributed by atoms with van der Waals surface area (Å²) in [4.78, 5) is 0. The Kier molecular flexibility index (Phi) is 2.86. The lowest BCUT2D eigenvalue weighted by Gasteiger charge is -2.30. The lowest BCUT2D eigenvalue weighted by atomic mass is 9.79. The van der Waals surface area contributed by atoms with Crippen LogP contribution in [0, 0.1) is 5.92 Å². The third kappa shape index (κ3) is 2.20. The summed E-state index contributed by atoms with van der Waals surface area (Å²) in [5.74, 6) is 0.543. The zero-order valence-electron chi connectivity index (χ0n) is 9.97. The smallest absolute Gasteiger partial charge is 0.0608 e. The van der Waals surface area contributed by atoms with Gasteiger partial charge in [0.15, 0.2) is 0 Å². The molecule has 1 saturated carbocycles. The highest BCUT2D eigenvalue weighted by molar-refractivity contribution is 5.82. The van der Waals surface area contributed by atoms with Crippen LogP contribution in [0.3, 0.4) is 0 Å². The molecule has 3 rings (SSSR count). The molecule has 2 aromatic carbocycles. The van der Waals surface area contributed by atoms with Crippen LogP contribution in [0.1, 0.15) is 24.8 Å². The third-order valence-electron chi connectivity index (χ3n) is 3.95. The second-order valence-electron chi connectivity index (χ2n) is 5.14. The van der Waals surface area contributed by atoms with E-state index in [2.05, 4.69) is 42.5 Å². The van der Waals surface area contributed by atoms with Crippen LogP contribution in [0.2, 0.25) is 0 Å². The molecule has 0 aromatic heterocycles. The van der Waals surface area contributed by atoms with Crippen molar-refractivity contribution < 1.29 is 5.11 Å². The molecule has 1 aliphatic carbocycles. The van der Waals surface area contributed by atoms with Gasteiger partial charge in [-0.3, -0.25) is 0 Å². The summed E-state index contributed by atoms with van der Waals surface area (Å²) in [6.45, 7) is 0. The van der Waals surface area contributed by atoms with Gasteiger partial charge in [-0.05, 0) is 41.5 Å². The molecule has 1 aliphatic rings. The van der Waals surface area contributed by atoms with Gasteiger partial charge in [-0.15, -0.1) is 0 Å². The molecule has 1 heteroatoms. The molecule has 0 amide bonds. The topological polar surface area (TPSA) is 20.2 Å². The number of aliphatic hydroxyl groups excluding tert-OH is 1. The van der Waals surface area contributed by atoms with Gasteiger partial charge in [0.1, 0.15) is 0 Å². The van der Waals surface area contributed by atoms with Gasteiger partial charge >= 0.3 is 0 Å². The zero-order chi connectivity index (χ0) is 11.7. The standard InChI is InChI=1S/C16H18O/c17-16(14-6-3-7-14)11-12-8-9-13-4-1-2-5-15(13)10-12/h1-2,4-5,8-10,14,16-17H,3,6-7,11H2. The van der Waals surface area contributed by atoms with E-state index < -0.39 is 0 Å². The van der Waals surface area contributed by atoms with E-state index in [1.807, 2.05) is 0 Å². The fourth-order valence-electron chi connectivity index (χ4n) is 2.60. The maximum Gasteiger partial charge on any atom is 0.0608 e. The average Bonchev–Trinajstić information content (AvgIpc) is 2.26. The van der Waals surface area contributed by atoms with Gasteiger partial charge in [0.05, 0.1) is 6.10 Å². The lowest BCUT2D eigenvalue weighted by molar-refractivity contribution is 0.0630. The van der Waals surface area contributed by atoms with Crippen molar-refractivity contribution in [2.75, 3.05) is 0 Å². The van der Waals surface area contributed by atoms with Gasteiger partial charge in [0.25, 0.3) is 0 Å². The van der Waals surface area contributed by atoms with E-state index in [1.54, 1.807) is 0 Å². The Hall–Kier alpha value is -1.34. The molecule has 0 heterocycles. The minimum Gasteiger partial charge on any atom is -0.392 e. The lowest BCUT2D eigenvalue weighted by Crippen LogP contribution is -2.28. The molecule has 0 bridgehead atoms. The first kappa shape index (κ1) is 10.8. The minimum atomic E-state index is -0.148. The van der Waals surface area contributed by atoms with Gasteiger partial charge in [-0.1, -0.05) is 48.9 Å². The van der Waals surface area contributed by atoms with Crippen LogP contribution in [0.25, 0.3) is 10.8 Å². The summed E-state index contributed by atoms with van der Waals surface area (Å²) in [6, 6.07) is 14.9. The molecule has 0 aliphatic heterocycles. The molecule has 1 nitrogen and oxygen atoms in total. The maximum atomic E-state index is 10.1. The van der Waals surface area contributed by atoms with Crippen LogP contribution in [-0.2, 0) is 6.42 Å². The maximum absolute atomic E-state index is 10.1. The first-order valence-corrected chi connectivity index (χ1v) is 6.49. The Bertz CT molecular complexity index is 514. The van der Waals surface area contributed by atoms with E-state index >= 15 is 0 Å². The van der Waals surface area contributed by atoms with E-state index in [4.69, 9.17) is 0 Å². The number of hydrogen-bond acceptors (Lipinski definition) is 1. The summed E-state index contributed by atoms with van der Waals surface area (Å²) < 4.78 is 0. The molecule has 1 atom stereocenters. The molecule has 2 aromatic rings. The van der Waals surface area contributed by atoms with Gasteiger partial charge in [-0.2, -0.15) is 0 Å². The molecule has 0 radical (unpaired) electrons. The molecular formula is C16H18O. The molecule has 0 saturated heterocycles. The van der Waals surface area contributed by atoms with E-state index in [-0.39, 0.29) is 6.10 Å². The number of benzene rings is 2. The third-order valence-corrected chi connectivity index (χ3v) is 3.95. The fraction of sp³-hybridized carbons (Fsp3) is 0.375. The van der Waals surface area contributed by atoms with Crippen molar-refractivity contribution in [3.05, 3.63) is 48.0 Å². The molecule has 17 heavy (non-hydrogen) atoms. The Morgan fingerprint density at radius 1 is 1.06 bits per heavy atom. The second kappa shape index (κ2) is 4.50. The van der Waals surface area contributed by atoms with Crippen LogP contribution in [0.15, 0.2) is 42.5 Å². The van der Waals surface area contributed by atoms with Crippen molar-refractivity contribution >= 4 is 10.8 Å². The van der Waals surface area contributed by atoms with E-state index in [0.29, 0.717) is 5.92 Å². The monoisotopic (exact) mass is 226 g/mol. The fourth-order valence-corrected chi connectivity index (χ4v) is 2.60. The van der Waals surface area contributed by atoms with E-state index in [0.717, 1.165) is 6.42 Å². The largest absolute Gasteiger partial charge is 0.392 e. The summed E-state index contributed by atoms with van der Waals surface area (Å²) in [6.07, 6.45) is 4.35. The highest BCUT2D eigenvalue weighted by Gasteiger charge is 2.25. The van der Waals surface area contributed by atoms with Crippen LogP contribution in [0.5, 0.6) is 0 Å².